The average Bonchev–Trinajstić information content (AvgIpc) is 3.45. The number of imidazole rings is 1. The lowest BCUT2D eigenvalue weighted by Gasteiger charge is -2.30. The first-order chi connectivity index (χ1) is 15.5. The summed E-state index contributed by atoms with van der Waals surface area (Å²) >= 11 is 0. The van der Waals surface area contributed by atoms with Crippen LogP contribution in [0.15, 0.2) is 61.2 Å². The number of aromatic nitrogens is 5. The largest absolute Gasteiger partial charge is 0.495 e. The predicted molar refractivity (Wildman–Crippen MR) is 120 cm³/mol. The maximum atomic E-state index is 13.2. The van der Waals surface area contributed by atoms with Crippen molar-refractivity contribution in [2.45, 2.75) is 31.8 Å². The Morgan fingerprint density at radius 1 is 1.12 bits per heavy atom. The van der Waals surface area contributed by atoms with Crippen LogP contribution in [0.1, 0.15) is 24.6 Å². The predicted octanol–water partition coefficient (Wildman–Crippen LogP) is 3.35. The summed E-state index contributed by atoms with van der Waals surface area (Å²) in [5.41, 5.74) is 3.41. The third kappa shape index (κ3) is 3.51. The van der Waals surface area contributed by atoms with E-state index < -0.39 is 0 Å². The molecule has 2 aromatic heterocycles. The molecule has 8 nitrogen and oxygen atoms in total. The second-order valence-corrected chi connectivity index (χ2v) is 8.36. The molecule has 0 saturated carbocycles. The number of ether oxygens (including phenoxy) is 1. The second kappa shape index (κ2) is 8.11. The fourth-order valence-corrected chi connectivity index (χ4v) is 4.59. The van der Waals surface area contributed by atoms with Crippen molar-refractivity contribution in [1.82, 2.24) is 29.4 Å². The fraction of sp³-hybridized carbons (Fsp3) is 0.333. The molecule has 3 aromatic rings. The molecule has 2 unspecified atom stereocenters. The van der Waals surface area contributed by atoms with Gasteiger partial charge in [-0.15, -0.1) is 5.10 Å². The number of methoxy groups -OCH3 is 1. The van der Waals surface area contributed by atoms with E-state index in [9.17, 15) is 4.79 Å². The molecule has 1 saturated heterocycles. The highest BCUT2D eigenvalue weighted by molar-refractivity contribution is 5.81. The minimum absolute atomic E-state index is 0.0670. The summed E-state index contributed by atoms with van der Waals surface area (Å²) in [5, 5.41) is 8.69. The first kappa shape index (κ1) is 20.2. The van der Waals surface area contributed by atoms with E-state index in [0.717, 1.165) is 29.8 Å². The van der Waals surface area contributed by atoms with E-state index in [2.05, 4.69) is 33.5 Å². The lowest BCUT2D eigenvalue weighted by molar-refractivity contribution is -0.134. The molecule has 0 bridgehead atoms. The molecule has 0 N–H and O–H groups in total. The van der Waals surface area contributed by atoms with Gasteiger partial charge in [-0.3, -0.25) is 4.79 Å². The molecule has 0 spiro atoms. The van der Waals surface area contributed by atoms with Crippen LogP contribution in [0.3, 0.4) is 0 Å². The van der Waals surface area contributed by atoms with Gasteiger partial charge in [0.25, 0.3) is 0 Å². The summed E-state index contributed by atoms with van der Waals surface area (Å²) in [4.78, 5) is 19.3. The number of benzene rings is 1. The Morgan fingerprint density at radius 2 is 1.97 bits per heavy atom. The Hall–Kier alpha value is -3.68. The summed E-state index contributed by atoms with van der Waals surface area (Å²) in [7, 11) is 3.52. The smallest absolute Gasteiger partial charge is 0.247 e. The normalized spacial score (nSPS) is 22.7. The molecular formula is C24H26N6O2. The van der Waals surface area contributed by atoms with Crippen molar-refractivity contribution < 1.29 is 9.53 Å². The molecule has 1 aliphatic carbocycles. The molecule has 1 aromatic carbocycles. The van der Waals surface area contributed by atoms with Crippen molar-refractivity contribution in [2.75, 3.05) is 14.2 Å². The number of nitrogens with zero attached hydrogens (tertiary/aromatic N) is 6. The number of carbonyl (C=O) groups is 1. The van der Waals surface area contributed by atoms with E-state index in [1.807, 2.05) is 60.1 Å². The highest BCUT2D eigenvalue weighted by Gasteiger charge is 2.36. The van der Waals surface area contributed by atoms with Gasteiger partial charge in [0, 0.05) is 24.7 Å². The molecule has 5 rings (SSSR count). The van der Waals surface area contributed by atoms with Crippen molar-refractivity contribution in [2.24, 2.45) is 5.92 Å². The number of fused-ring (bicyclic) bond motifs is 1. The van der Waals surface area contributed by atoms with Gasteiger partial charge in [0.2, 0.25) is 5.91 Å². The van der Waals surface area contributed by atoms with Crippen LogP contribution in [0.5, 0.6) is 5.75 Å². The highest BCUT2D eigenvalue weighted by Crippen LogP contribution is 2.33. The molecule has 0 radical (unpaired) electrons. The first-order valence-corrected chi connectivity index (χ1v) is 10.8. The molecule has 1 fully saturated rings. The van der Waals surface area contributed by atoms with E-state index >= 15 is 0 Å². The summed E-state index contributed by atoms with van der Waals surface area (Å²) in [6.45, 7) is 1.95. The number of rotatable bonds is 4. The molecule has 32 heavy (non-hydrogen) atoms. The Kier molecular flexibility index (Phi) is 5.13. The molecule has 8 heteroatoms. The number of likely N-dealkylation sites (tertiary alicyclic amines) is 1. The van der Waals surface area contributed by atoms with Crippen molar-refractivity contribution in [3.05, 3.63) is 66.9 Å². The van der Waals surface area contributed by atoms with E-state index in [-0.39, 0.29) is 18.0 Å². The second-order valence-electron chi connectivity index (χ2n) is 8.36. The third-order valence-corrected chi connectivity index (χ3v) is 6.36. The Bertz CT molecular complexity index is 1210. The van der Waals surface area contributed by atoms with E-state index in [4.69, 9.17) is 4.74 Å². The van der Waals surface area contributed by atoms with Gasteiger partial charge < -0.3 is 14.2 Å². The number of hydrogen-bond acceptors (Lipinski definition) is 5. The Balaban J connectivity index is 1.43. The molecule has 3 atom stereocenters. The molecule has 1 amide bonds. The lowest BCUT2D eigenvalue weighted by Crippen LogP contribution is -2.41. The third-order valence-electron chi connectivity index (χ3n) is 6.36. The Labute approximate surface area is 186 Å². The van der Waals surface area contributed by atoms with Gasteiger partial charge in [0.1, 0.15) is 17.5 Å². The number of aryl methyl sites for hydroxylation is 1. The van der Waals surface area contributed by atoms with Crippen molar-refractivity contribution in [3.63, 3.8) is 0 Å². The van der Waals surface area contributed by atoms with Gasteiger partial charge in [-0.05, 0) is 31.9 Å². The van der Waals surface area contributed by atoms with Crippen LogP contribution in [0.25, 0.3) is 16.9 Å². The monoisotopic (exact) mass is 430 g/mol. The van der Waals surface area contributed by atoms with E-state index in [1.165, 1.54) is 0 Å². The maximum absolute atomic E-state index is 13.2. The van der Waals surface area contributed by atoms with Crippen molar-refractivity contribution in [1.29, 1.82) is 0 Å². The number of hydrogen-bond donors (Lipinski definition) is 0. The van der Waals surface area contributed by atoms with Crippen molar-refractivity contribution in [3.8, 4) is 22.7 Å². The van der Waals surface area contributed by atoms with Gasteiger partial charge >= 0.3 is 0 Å². The van der Waals surface area contributed by atoms with Gasteiger partial charge in [0.15, 0.2) is 0 Å². The lowest BCUT2D eigenvalue weighted by atomic mass is 9.91. The summed E-state index contributed by atoms with van der Waals surface area (Å²) in [6, 6.07) is 5.63. The van der Waals surface area contributed by atoms with E-state index in [0.29, 0.717) is 17.4 Å². The summed E-state index contributed by atoms with van der Waals surface area (Å²) < 4.78 is 9.25. The zero-order chi connectivity index (χ0) is 22.2. The summed E-state index contributed by atoms with van der Waals surface area (Å²) in [5.74, 6) is 1.12. The van der Waals surface area contributed by atoms with Gasteiger partial charge in [-0.1, -0.05) is 35.6 Å². The first-order valence-electron chi connectivity index (χ1n) is 10.8. The van der Waals surface area contributed by atoms with Gasteiger partial charge in [-0.25, -0.2) is 9.67 Å². The van der Waals surface area contributed by atoms with Crippen LogP contribution in [0, 0.1) is 12.8 Å². The van der Waals surface area contributed by atoms with Gasteiger partial charge in [0.05, 0.1) is 37.1 Å². The zero-order valence-electron chi connectivity index (χ0n) is 18.4. The van der Waals surface area contributed by atoms with Crippen LogP contribution < -0.4 is 4.74 Å². The molecule has 2 aliphatic rings. The van der Waals surface area contributed by atoms with Crippen LogP contribution in [0.4, 0.5) is 0 Å². The molecule has 164 valence electrons. The summed E-state index contributed by atoms with van der Waals surface area (Å²) in [6.07, 6.45) is 15.6. The van der Waals surface area contributed by atoms with Crippen molar-refractivity contribution >= 4 is 5.91 Å². The van der Waals surface area contributed by atoms with Gasteiger partial charge in [-0.2, -0.15) is 0 Å². The SMILES string of the molecule is COc1cc(-c2cn([C@@H]3CCC4C=CC=CC4N(C)C3=O)nn2)ccc1-n1cnc(C)c1. The highest BCUT2D eigenvalue weighted by atomic mass is 16.5. The average molecular weight is 431 g/mol. The van der Waals surface area contributed by atoms with Crippen LogP contribution in [-0.4, -0.2) is 55.6 Å². The van der Waals surface area contributed by atoms with Crippen LogP contribution >= 0.6 is 0 Å². The van der Waals surface area contributed by atoms with E-state index in [1.54, 1.807) is 18.1 Å². The number of amides is 1. The molecule has 3 heterocycles. The Morgan fingerprint density at radius 3 is 2.75 bits per heavy atom. The fourth-order valence-electron chi connectivity index (χ4n) is 4.59. The number of likely N-dealkylation sites (N-methyl/N-ethyl adjacent to an activating group) is 1. The quantitative estimate of drug-likeness (QED) is 0.634. The number of allylic oxidation sites excluding steroid dienone is 2. The zero-order valence-corrected chi connectivity index (χ0v) is 18.4. The maximum Gasteiger partial charge on any atom is 0.247 e. The van der Waals surface area contributed by atoms with Crippen LogP contribution in [-0.2, 0) is 4.79 Å². The topological polar surface area (TPSA) is 78.1 Å². The minimum atomic E-state index is -0.358. The standard InChI is InChI=1S/C24H26N6O2/c1-16-13-29(15-25-16)21-10-9-18(12-23(21)32-3)19-14-30(27-26-19)22-11-8-17-6-4-5-7-20(17)28(2)24(22)31/h4-7,9-10,12-15,17,20,22H,8,11H2,1-3H3/t17?,20?,22-/m1/s1. The molecular weight excluding hydrogens is 404 g/mol. The van der Waals surface area contributed by atoms with Crippen LogP contribution in [0.2, 0.25) is 0 Å². The minimum Gasteiger partial charge on any atom is -0.495 e. The number of carbonyl (C=O) groups excluding carboxylic acids is 1. The molecule has 1 aliphatic heterocycles.